The van der Waals surface area contributed by atoms with Crippen molar-refractivity contribution in [3.8, 4) is 5.69 Å². The molecule has 3 heterocycles. The maximum atomic E-state index is 12.8. The molecule has 0 fully saturated rings. The number of nitrogens with zero attached hydrogens (tertiary/aromatic N) is 4. The average Bonchev–Trinajstić information content (AvgIpc) is 3.34. The van der Waals surface area contributed by atoms with Gasteiger partial charge in [-0.25, -0.2) is 0 Å². The quantitative estimate of drug-likeness (QED) is 0.476. The van der Waals surface area contributed by atoms with E-state index < -0.39 is 0 Å². The Labute approximate surface area is 197 Å². The molecule has 1 N–H and O–H groups in total. The van der Waals surface area contributed by atoms with E-state index >= 15 is 0 Å². The molecule has 0 saturated heterocycles. The number of amides is 1. The molecule has 6 nitrogen and oxygen atoms in total. The molecule has 7 heteroatoms. The van der Waals surface area contributed by atoms with Gasteiger partial charge in [0.05, 0.1) is 11.3 Å². The molecule has 0 saturated carbocycles. The Balaban J connectivity index is 1.54. The lowest BCUT2D eigenvalue weighted by atomic mass is 10.1. The van der Waals surface area contributed by atoms with Gasteiger partial charge in [-0.1, -0.05) is 49.7 Å². The number of rotatable bonds is 5. The topological polar surface area (TPSA) is 73.8 Å². The van der Waals surface area contributed by atoms with Crippen LogP contribution in [0.1, 0.15) is 43.1 Å². The van der Waals surface area contributed by atoms with Gasteiger partial charge in [-0.05, 0) is 67.6 Å². The summed E-state index contributed by atoms with van der Waals surface area (Å²) in [7, 11) is 0. The lowest BCUT2D eigenvalue weighted by Gasteiger charge is -2.20. The van der Waals surface area contributed by atoms with Crippen molar-refractivity contribution < 1.29 is 4.79 Å². The largest absolute Gasteiger partial charge is 0.317 e. The molecule has 166 valence electrons. The molecule has 0 unspecified atom stereocenters. The first-order chi connectivity index (χ1) is 16.0. The molecule has 1 amide bonds. The maximum Gasteiger partial charge on any atom is 0.283 e. The van der Waals surface area contributed by atoms with Crippen LogP contribution in [0.25, 0.3) is 22.5 Å². The van der Waals surface area contributed by atoms with Crippen molar-refractivity contribution in [2.45, 2.75) is 40.0 Å². The fourth-order valence-corrected chi connectivity index (χ4v) is 5.25. The minimum Gasteiger partial charge on any atom is -0.317 e. The van der Waals surface area contributed by atoms with Crippen LogP contribution in [0.5, 0.6) is 0 Å². The molecule has 3 aromatic rings. The Kier molecular flexibility index (Phi) is 5.50. The molecular weight excluding hydrogens is 430 g/mol. The standard InChI is InChI=1S/C26H25N5OS/c1-4-5-13-23-29-31-24(27)21(25(32)28-26(31)33-23)15-19-14-16(2)30(17(19)3)22-12-8-10-18-9-6-7-11-20(18)22/h6-12,14-15,27H,4-5,13H2,1-3H3/b21-15-,27-24?. The summed E-state index contributed by atoms with van der Waals surface area (Å²) in [6.45, 7) is 6.23. The Bertz CT molecular complexity index is 1390. The second kappa shape index (κ2) is 8.48. The van der Waals surface area contributed by atoms with Gasteiger partial charge in [-0.2, -0.15) is 15.1 Å². The Hall–Kier alpha value is -3.45. The van der Waals surface area contributed by atoms with Gasteiger partial charge in [0.15, 0.2) is 5.84 Å². The molecule has 0 atom stereocenters. The summed E-state index contributed by atoms with van der Waals surface area (Å²) in [6.07, 6.45) is 4.71. The van der Waals surface area contributed by atoms with Crippen LogP contribution in [0.4, 0.5) is 0 Å². The zero-order valence-electron chi connectivity index (χ0n) is 18.9. The minimum atomic E-state index is -0.388. The van der Waals surface area contributed by atoms with Crippen LogP contribution in [-0.4, -0.2) is 31.5 Å². The first kappa shape index (κ1) is 21.4. The monoisotopic (exact) mass is 455 g/mol. The van der Waals surface area contributed by atoms with E-state index in [1.807, 2.05) is 19.1 Å². The Morgan fingerprint density at radius 2 is 1.91 bits per heavy atom. The number of unbranched alkanes of at least 4 members (excludes halogenated alkanes) is 1. The third-order valence-corrected chi connectivity index (χ3v) is 6.99. The number of carbonyl (C=O) groups excluding carboxylic acids is 1. The summed E-state index contributed by atoms with van der Waals surface area (Å²) >= 11 is 1.39. The molecule has 2 aromatic carbocycles. The van der Waals surface area contributed by atoms with Crippen molar-refractivity contribution >= 4 is 50.6 Å². The highest BCUT2D eigenvalue weighted by Crippen LogP contribution is 2.32. The second-order valence-electron chi connectivity index (χ2n) is 8.28. The van der Waals surface area contributed by atoms with Crippen molar-refractivity contribution in [3.63, 3.8) is 0 Å². The van der Waals surface area contributed by atoms with Crippen LogP contribution < -0.4 is 0 Å². The fourth-order valence-electron chi connectivity index (χ4n) is 4.32. The van der Waals surface area contributed by atoms with Gasteiger partial charge in [0, 0.05) is 16.8 Å². The lowest BCUT2D eigenvalue weighted by Crippen LogP contribution is -2.35. The van der Waals surface area contributed by atoms with E-state index in [2.05, 4.69) is 64.9 Å². The van der Waals surface area contributed by atoms with Gasteiger partial charge >= 0.3 is 0 Å². The van der Waals surface area contributed by atoms with Gasteiger partial charge in [-0.15, -0.1) is 0 Å². The molecular formula is C26H25N5OS. The van der Waals surface area contributed by atoms with Gasteiger partial charge in [-0.3, -0.25) is 10.2 Å². The predicted molar refractivity (Wildman–Crippen MR) is 137 cm³/mol. The molecule has 0 spiro atoms. The molecule has 0 radical (unpaired) electrons. The zero-order chi connectivity index (χ0) is 23.1. The van der Waals surface area contributed by atoms with E-state index in [0.717, 1.165) is 46.9 Å². The third-order valence-electron chi connectivity index (χ3n) is 6.02. The molecule has 2 aliphatic heterocycles. The summed E-state index contributed by atoms with van der Waals surface area (Å²) < 4.78 is 2.20. The van der Waals surface area contributed by atoms with Crippen LogP contribution in [0.2, 0.25) is 0 Å². The molecule has 2 aliphatic rings. The van der Waals surface area contributed by atoms with E-state index in [1.54, 1.807) is 6.08 Å². The number of aromatic nitrogens is 1. The van der Waals surface area contributed by atoms with Crippen LogP contribution in [-0.2, 0) is 4.79 Å². The first-order valence-corrected chi connectivity index (χ1v) is 12.0. The zero-order valence-corrected chi connectivity index (χ0v) is 19.7. The predicted octanol–water partition coefficient (Wildman–Crippen LogP) is 6.06. The minimum absolute atomic E-state index is 0.0824. The maximum absolute atomic E-state index is 12.8. The van der Waals surface area contributed by atoms with Crippen molar-refractivity contribution in [1.82, 2.24) is 9.58 Å². The van der Waals surface area contributed by atoms with Crippen molar-refractivity contribution in [3.05, 3.63) is 71.1 Å². The molecule has 0 aliphatic carbocycles. The van der Waals surface area contributed by atoms with Gasteiger partial charge in [0.25, 0.3) is 5.91 Å². The van der Waals surface area contributed by atoms with E-state index in [4.69, 9.17) is 5.41 Å². The van der Waals surface area contributed by atoms with Crippen molar-refractivity contribution in [2.24, 2.45) is 10.1 Å². The number of hydrogen-bond acceptors (Lipinski definition) is 4. The van der Waals surface area contributed by atoms with Crippen molar-refractivity contribution in [1.29, 1.82) is 5.41 Å². The van der Waals surface area contributed by atoms with Gasteiger partial charge < -0.3 is 4.57 Å². The Morgan fingerprint density at radius 3 is 2.73 bits per heavy atom. The van der Waals surface area contributed by atoms with Crippen LogP contribution in [0.3, 0.4) is 0 Å². The SMILES string of the molecule is CCCCC1=NN2C(=N)/C(=C/c3cc(C)n(-c4cccc5ccccc45)c3C)C(=O)N=C2S1. The highest BCUT2D eigenvalue weighted by Gasteiger charge is 2.35. The number of carbonyl (C=O) groups is 1. The number of benzene rings is 2. The molecule has 0 bridgehead atoms. The summed E-state index contributed by atoms with van der Waals surface area (Å²) in [4.78, 5) is 17.1. The number of fused-ring (bicyclic) bond motifs is 2. The summed E-state index contributed by atoms with van der Waals surface area (Å²) in [5, 5.41) is 18.4. The number of aliphatic imine (C=N–C) groups is 1. The van der Waals surface area contributed by atoms with Crippen LogP contribution >= 0.6 is 11.8 Å². The Morgan fingerprint density at radius 1 is 1.12 bits per heavy atom. The number of aryl methyl sites for hydroxylation is 1. The van der Waals surface area contributed by atoms with Crippen LogP contribution in [0.15, 0.2) is 64.2 Å². The van der Waals surface area contributed by atoms with E-state index in [-0.39, 0.29) is 17.3 Å². The number of hydrogen-bond donors (Lipinski definition) is 1. The number of thioether (sulfide) groups is 1. The number of amidine groups is 2. The molecule has 33 heavy (non-hydrogen) atoms. The average molecular weight is 456 g/mol. The second-order valence-corrected chi connectivity index (χ2v) is 9.32. The van der Waals surface area contributed by atoms with Crippen LogP contribution in [0, 0.1) is 19.3 Å². The molecule has 5 rings (SSSR count). The fraction of sp³-hybridized carbons (Fsp3) is 0.231. The van der Waals surface area contributed by atoms with E-state index in [9.17, 15) is 4.79 Å². The third kappa shape index (κ3) is 3.72. The number of hydrazone groups is 1. The van der Waals surface area contributed by atoms with Gasteiger partial charge in [0.1, 0.15) is 5.04 Å². The molecule has 1 aromatic heterocycles. The normalized spacial score (nSPS) is 17.1. The van der Waals surface area contributed by atoms with Gasteiger partial charge in [0.2, 0.25) is 5.17 Å². The summed E-state index contributed by atoms with van der Waals surface area (Å²) in [5.74, 6) is -0.306. The lowest BCUT2D eigenvalue weighted by molar-refractivity contribution is -0.114. The highest BCUT2D eigenvalue weighted by atomic mass is 32.2. The highest BCUT2D eigenvalue weighted by molar-refractivity contribution is 8.26. The summed E-state index contributed by atoms with van der Waals surface area (Å²) in [6, 6.07) is 16.6. The van der Waals surface area contributed by atoms with E-state index in [0.29, 0.717) is 5.17 Å². The summed E-state index contributed by atoms with van der Waals surface area (Å²) in [5.41, 5.74) is 4.33. The smallest absolute Gasteiger partial charge is 0.283 e. The van der Waals surface area contributed by atoms with E-state index in [1.165, 1.54) is 27.5 Å². The number of nitrogens with one attached hydrogen (secondary N) is 1. The van der Waals surface area contributed by atoms with Crippen molar-refractivity contribution in [2.75, 3.05) is 0 Å². The first-order valence-electron chi connectivity index (χ1n) is 11.1.